The third-order valence-corrected chi connectivity index (χ3v) is 10.0. The van der Waals surface area contributed by atoms with Gasteiger partial charge in [-0.05, 0) is 137 Å². The fraction of sp³-hybridized carbons (Fsp3) is 0.348. The Labute approximate surface area is 568 Å². The van der Waals surface area contributed by atoms with Crippen LogP contribution in [0.3, 0.4) is 0 Å². The van der Waals surface area contributed by atoms with Crippen molar-refractivity contribution in [2.24, 2.45) is 11.5 Å². The maximum absolute atomic E-state index is 12.2. The van der Waals surface area contributed by atoms with Crippen LogP contribution >= 0.6 is 27.5 Å². The molecular weight excluding hydrogens is 1280 g/mol. The predicted molar refractivity (Wildman–Crippen MR) is 343 cm³/mol. The number of alkyl halides is 1. The number of carbonyl (C=O) groups excluding carboxylic acids is 5. The molecule has 0 saturated heterocycles. The molecule has 0 aliphatic carbocycles. The maximum atomic E-state index is 12.2. The molecule has 0 aliphatic heterocycles. The first-order valence-corrected chi connectivity index (χ1v) is 27.9. The Balaban J connectivity index is -0.000000534. The maximum Gasteiger partial charge on any atom is 1.00 e. The number of hydrogen-bond donors (Lipinski definition) is 7. The van der Waals surface area contributed by atoms with Crippen LogP contribution < -0.4 is 65.9 Å². The number of aromatic hydroxyl groups is 1. The van der Waals surface area contributed by atoms with E-state index in [0.29, 0.717) is 41.0 Å². The Morgan fingerprint density at radius 2 is 0.791 bits per heavy atom. The van der Waals surface area contributed by atoms with Gasteiger partial charge in [-0.25, -0.2) is 19.2 Å². The zero-order chi connectivity index (χ0) is 68.0. The van der Waals surface area contributed by atoms with E-state index in [1.807, 2.05) is 12.1 Å². The van der Waals surface area contributed by atoms with Gasteiger partial charge < -0.3 is 76.1 Å². The summed E-state index contributed by atoms with van der Waals surface area (Å²) >= 11 is 7.65. The van der Waals surface area contributed by atoms with Crippen molar-refractivity contribution in [1.29, 1.82) is 0 Å². The molecule has 91 heavy (non-hydrogen) atoms. The van der Waals surface area contributed by atoms with E-state index in [1.54, 1.807) is 114 Å². The van der Waals surface area contributed by atoms with Gasteiger partial charge in [-0.1, -0.05) is 100.0 Å². The number of alkyl carbamates (subject to hydrolysis) is 2. The number of esters is 2. The number of hydrogen-bond acceptors (Lipinski definition) is 18. The SMILES string of the molecule is C#CCBr.C#CCOC(=O)[C@@H](N)Cc1ccc(OCC#C)cc1.C#CCOC(=O)[C@H](Cc1ccc(OCC#C)cc1)NC(=O)OC(C)(C)C.C#CCOc1ccc(C[C@H](N)C(=O)O)cc1.CC(=O)Cl.CC(C)(C)OC(=O)N[C@@H](Cc1ccc(O)cc1)C(=O)O.[Na+].[OH-]. The van der Waals surface area contributed by atoms with Crippen molar-refractivity contribution < 1.29 is 117 Å². The van der Waals surface area contributed by atoms with Crippen LogP contribution in [0.15, 0.2) is 97.1 Å². The van der Waals surface area contributed by atoms with E-state index in [9.17, 15) is 33.6 Å². The molecule has 0 heterocycles. The van der Waals surface area contributed by atoms with Crippen LogP contribution in [0.2, 0.25) is 0 Å². The molecule has 4 aromatic carbocycles. The molecule has 0 aromatic heterocycles. The van der Waals surface area contributed by atoms with Crippen molar-refractivity contribution in [1.82, 2.24) is 10.6 Å². The average Bonchev–Trinajstić information content (AvgIpc) is 3.19. The summed E-state index contributed by atoms with van der Waals surface area (Å²) in [6.45, 7) is 11.9. The number of carboxylic acid groups (broad SMARTS) is 2. The number of rotatable bonds is 22. The molecule has 25 heteroatoms. The summed E-state index contributed by atoms with van der Waals surface area (Å²) in [5.74, 6) is 12.6. The molecule has 22 nitrogen and oxygen atoms in total. The van der Waals surface area contributed by atoms with Gasteiger partial charge in [0.1, 0.15) is 78.2 Å². The molecule has 10 N–H and O–H groups in total. The van der Waals surface area contributed by atoms with Crippen molar-refractivity contribution in [3.63, 3.8) is 0 Å². The van der Waals surface area contributed by atoms with E-state index in [4.69, 9.17) is 98.5 Å². The van der Waals surface area contributed by atoms with Gasteiger partial charge in [-0.2, -0.15) is 0 Å². The second kappa shape index (κ2) is 51.0. The summed E-state index contributed by atoms with van der Waals surface area (Å²) in [6.07, 6.45) is 29.6. The van der Waals surface area contributed by atoms with Gasteiger partial charge in [0.25, 0.3) is 0 Å². The van der Waals surface area contributed by atoms with Crippen LogP contribution in [0.1, 0.15) is 70.7 Å². The zero-order valence-electron chi connectivity index (χ0n) is 52.0. The second-order valence-electron chi connectivity index (χ2n) is 19.6. The standard InChI is InChI=1S/C20H23NO5.C15H15NO3.C14H19NO5.C12H13NO3.C3H3Br.C2H3ClO.Na.H2O/c1-6-12-24-16-10-8-15(9-11-16)14-17(18(22)25-13-7-2)21-19(23)26-20(3,4)5;1-3-9-18-13-7-5-12(6-8-13)11-14(16)15(17)19-10-4-2;1-14(2,3)20-13(19)15-11(12(17)18)8-9-4-6-10(16)7-5-9;1-2-7-16-10-5-3-9(4-6-10)8-11(13)12(14)15;1-2-3-4;1-2(3)4;;/h1-2,8-11,17H,12-14H2,3-5H3,(H,21,23);1-2,5-8,14H,9-11,16H2;4-7,11,16H,8H2,1-3H3,(H,15,19)(H,17,18);1,3-6,11H,7-8,13H2,(H,14,15);1H,3H2;1H3;;1H2/q;;;;;;+1;/p-1/t17-;14-;2*11-;;;;/m0000..../s1. The Morgan fingerprint density at radius 1 is 0.505 bits per heavy atom. The average molecular weight is 1350 g/mol. The number of carboxylic acids is 2. The van der Waals surface area contributed by atoms with Crippen molar-refractivity contribution in [2.75, 3.05) is 38.4 Å². The zero-order valence-corrected chi connectivity index (χ0v) is 56.3. The first-order valence-electron chi connectivity index (χ1n) is 26.4. The van der Waals surface area contributed by atoms with E-state index in [0.717, 1.165) is 16.7 Å². The topological polar surface area (TPSA) is 351 Å². The minimum Gasteiger partial charge on any atom is -0.870 e. The van der Waals surface area contributed by atoms with Crippen LogP contribution in [0.4, 0.5) is 9.59 Å². The van der Waals surface area contributed by atoms with Crippen molar-refractivity contribution in [3.05, 3.63) is 119 Å². The number of carbonyl (C=O) groups is 7. The Hall–Kier alpha value is -8.82. The van der Waals surface area contributed by atoms with E-state index in [2.05, 4.69) is 73.7 Å². The number of nitrogens with two attached hydrogens (primary N) is 2. The van der Waals surface area contributed by atoms with E-state index < -0.39 is 71.4 Å². The molecule has 4 rings (SSSR count). The molecular formula is C66H77BrClN4NaO18. The van der Waals surface area contributed by atoms with Gasteiger partial charge in [-0.3, -0.25) is 14.4 Å². The summed E-state index contributed by atoms with van der Waals surface area (Å²) in [6, 6.07) is 23.7. The molecule has 0 fully saturated rings. The Bertz CT molecular complexity index is 3070. The van der Waals surface area contributed by atoms with Crippen LogP contribution in [-0.4, -0.2) is 136 Å². The third kappa shape index (κ3) is 48.7. The predicted octanol–water partition coefficient (Wildman–Crippen LogP) is 4.23. The number of terminal acetylenes is 6. The van der Waals surface area contributed by atoms with E-state index >= 15 is 0 Å². The summed E-state index contributed by atoms with van der Waals surface area (Å²) < 4.78 is 35.6. The molecule has 0 spiro atoms. The van der Waals surface area contributed by atoms with E-state index in [1.165, 1.54) is 19.1 Å². The van der Waals surface area contributed by atoms with Crippen LogP contribution in [0.5, 0.6) is 23.0 Å². The number of halogens is 2. The first-order chi connectivity index (χ1) is 41.9. The molecule has 0 unspecified atom stereocenters. The van der Waals surface area contributed by atoms with Crippen molar-refractivity contribution in [3.8, 4) is 97.1 Å². The number of phenols is 1. The minimum atomic E-state index is -1.15. The molecule has 0 bridgehead atoms. The van der Waals surface area contributed by atoms with Gasteiger partial charge in [0.15, 0.2) is 13.2 Å². The van der Waals surface area contributed by atoms with Crippen molar-refractivity contribution in [2.45, 2.75) is 110 Å². The van der Waals surface area contributed by atoms with Gasteiger partial charge in [0.2, 0.25) is 5.24 Å². The number of amides is 2. The smallest absolute Gasteiger partial charge is 0.870 e. The van der Waals surface area contributed by atoms with Gasteiger partial charge in [-0.15, -0.1) is 38.5 Å². The monoisotopic (exact) mass is 1350 g/mol. The summed E-state index contributed by atoms with van der Waals surface area (Å²) in [7, 11) is 0. The summed E-state index contributed by atoms with van der Waals surface area (Å²) in [5.41, 5.74) is 13.0. The summed E-state index contributed by atoms with van der Waals surface area (Å²) in [5, 5.41) is 32.1. The number of nitrogens with one attached hydrogen (secondary N) is 2. The normalized spacial score (nSPS) is 10.8. The molecule has 484 valence electrons. The molecule has 2 amide bonds. The molecule has 4 aromatic rings. The Morgan fingerprint density at radius 3 is 1.09 bits per heavy atom. The van der Waals surface area contributed by atoms with Crippen LogP contribution in [0, 0.1) is 74.1 Å². The number of ether oxygens (including phenoxy) is 7. The first kappa shape index (κ1) is 88.6. The fourth-order valence-electron chi connectivity index (χ4n) is 6.05. The minimum absolute atomic E-state index is 0. The fourth-order valence-corrected chi connectivity index (χ4v) is 6.05. The molecule has 0 saturated carbocycles. The van der Waals surface area contributed by atoms with E-state index in [-0.39, 0.29) is 91.9 Å². The number of phenolic OH excluding ortho intramolecular Hbond substituents is 1. The molecule has 0 aliphatic rings. The summed E-state index contributed by atoms with van der Waals surface area (Å²) in [4.78, 5) is 78.1. The van der Waals surface area contributed by atoms with Gasteiger partial charge >= 0.3 is 65.6 Å². The molecule has 4 atom stereocenters. The van der Waals surface area contributed by atoms with Gasteiger partial charge in [0.05, 0.1) is 5.33 Å². The number of aliphatic carboxylic acids is 2. The van der Waals surface area contributed by atoms with Crippen LogP contribution in [0.25, 0.3) is 0 Å². The quantitative estimate of drug-likeness (QED) is 0.0144. The van der Waals surface area contributed by atoms with Crippen LogP contribution in [-0.2, 0) is 68.6 Å². The molecule has 0 radical (unpaired) electrons. The Kier molecular flexibility index (Phi) is 49.6. The third-order valence-electron chi connectivity index (χ3n) is 9.72. The van der Waals surface area contributed by atoms with Crippen molar-refractivity contribution >= 4 is 68.8 Å². The second-order valence-corrected chi connectivity index (χ2v) is 20.7. The van der Waals surface area contributed by atoms with Gasteiger partial charge in [0, 0.05) is 19.8 Å². The number of benzene rings is 4. The largest absolute Gasteiger partial charge is 1.00 e.